The fraction of sp³-hybridized carbons (Fsp3) is 0.154. The fourth-order valence-electron chi connectivity index (χ4n) is 1.78. The maximum Gasteiger partial charge on any atom is 0.264 e. The van der Waals surface area contributed by atoms with E-state index < -0.39 is 10.0 Å². The molecule has 0 spiro atoms. The number of sulfonamides is 1. The molecular formula is C13H14ClN3O2S. The zero-order valence-electron chi connectivity index (χ0n) is 11.0. The molecule has 0 aliphatic rings. The number of hydrogen-bond donors (Lipinski definition) is 1. The molecule has 0 radical (unpaired) electrons. The average molecular weight is 312 g/mol. The van der Waals surface area contributed by atoms with Crippen LogP contribution in [-0.4, -0.2) is 20.4 Å². The second-order valence-electron chi connectivity index (χ2n) is 4.30. The number of nitrogens with zero attached hydrogens (tertiary/aromatic N) is 2. The first-order chi connectivity index (χ1) is 9.34. The van der Waals surface area contributed by atoms with Crippen molar-refractivity contribution in [1.82, 2.24) is 4.98 Å². The molecule has 0 fully saturated rings. The van der Waals surface area contributed by atoms with Crippen molar-refractivity contribution in [2.24, 2.45) is 0 Å². The summed E-state index contributed by atoms with van der Waals surface area (Å²) in [7, 11) is -2.25. The van der Waals surface area contributed by atoms with Crippen molar-refractivity contribution < 1.29 is 8.42 Å². The van der Waals surface area contributed by atoms with E-state index in [9.17, 15) is 8.42 Å². The summed E-state index contributed by atoms with van der Waals surface area (Å²) in [5.41, 5.74) is 7.12. The van der Waals surface area contributed by atoms with Crippen LogP contribution < -0.4 is 10.0 Å². The summed E-state index contributed by atoms with van der Waals surface area (Å²) in [5, 5.41) is 0.287. The molecule has 0 saturated heterocycles. The molecule has 0 aliphatic carbocycles. The topological polar surface area (TPSA) is 76.3 Å². The molecule has 0 unspecified atom stereocenters. The van der Waals surface area contributed by atoms with Crippen molar-refractivity contribution >= 4 is 33.0 Å². The van der Waals surface area contributed by atoms with Gasteiger partial charge in [0.1, 0.15) is 0 Å². The molecule has 5 nitrogen and oxygen atoms in total. The first-order valence-corrected chi connectivity index (χ1v) is 7.60. The Labute approximate surface area is 123 Å². The molecule has 2 N–H and O–H groups in total. The Morgan fingerprint density at radius 3 is 2.45 bits per heavy atom. The van der Waals surface area contributed by atoms with E-state index in [1.807, 2.05) is 0 Å². The highest BCUT2D eigenvalue weighted by Crippen LogP contribution is 2.29. The lowest BCUT2D eigenvalue weighted by Gasteiger charge is -2.21. The highest BCUT2D eigenvalue weighted by Gasteiger charge is 2.24. The van der Waals surface area contributed by atoms with Crippen LogP contribution in [0.1, 0.15) is 5.56 Å². The Morgan fingerprint density at radius 1 is 1.25 bits per heavy atom. The van der Waals surface area contributed by atoms with Crippen molar-refractivity contribution in [3.63, 3.8) is 0 Å². The van der Waals surface area contributed by atoms with Gasteiger partial charge in [-0.25, -0.2) is 8.42 Å². The van der Waals surface area contributed by atoms with E-state index in [0.717, 1.165) is 0 Å². The predicted molar refractivity (Wildman–Crippen MR) is 80.4 cm³/mol. The number of hydrogen-bond acceptors (Lipinski definition) is 4. The molecule has 20 heavy (non-hydrogen) atoms. The fourth-order valence-corrected chi connectivity index (χ4v) is 3.55. The van der Waals surface area contributed by atoms with Crippen LogP contribution in [0.3, 0.4) is 0 Å². The maximum absolute atomic E-state index is 12.6. The Morgan fingerprint density at radius 2 is 1.85 bits per heavy atom. The van der Waals surface area contributed by atoms with Gasteiger partial charge in [0.05, 0.1) is 10.6 Å². The minimum atomic E-state index is -3.73. The van der Waals surface area contributed by atoms with Crippen LogP contribution in [0.4, 0.5) is 11.4 Å². The molecule has 0 amide bonds. The third-order valence-corrected chi connectivity index (χ3v) is 5.16. The van der Waals surface area contributed by atoms with Gasteiger partial charge in [0.25, 0.3) is 10.0 Å². The minimum absolute atomic E-state index is 0.0989. The minimum Gasteiger partial charge on any atom is -0.398 e. The maximum atomic E-state index is 12.6. The number of pyridine rings is 1. The summed E-state index contributed by atoms with van der Waals surface area (Å²) in [6.07, 6.45) is 3.06. The van der Waals surface area contributed by atoms with Crippen LogP contribution in [-0.2, 0) is 10.0 Å². The van der Waals surface area contributed by atoms with E-state index in [1.165, 1.54) is 35.9 Å². The van der Waals surface area contributed by atoms with Gasteiger partial charge in [0.15, 0.2) is 0 Å². The molecule has 0 atom stereocenters. The van der Waals surface area contributed by atoms with Crippen LogP contribution in [0.5, 0.6) is 0 Å². The molecule has 2 rings (SSSR count). The molecule has 106 valence electrons. The summed E-state index contributed by atoms with van der Waals surface area (Å²) >= 11 is 5.91. The van der Waals surface area contributed by atoms with Gasteiger partial charge in [0.2, 0.25) is 0 Å². The van der Waals surface area contributed by atoms with Crippen molar-refractivity contribution in [3.8, 4) is 0 Å². The summed E-state index contributed by atoms with van der Waals surface area (Å²) in [6.45, 7) is 1.65. The third-order valence-electron chi connectivity index (χ3n) is 3.03. The van der Waals surface area contributed by atoms with Crippen molar-refractivity contribution in [3.05, 3.63) is 47.2 Å². The first-order valence-electron chi connectivity index (χ1n) is 5.78. The average Bonchev–Trinajstić information content (AvgIpc) is 2.42. The Bertz CT molecular complexity index is 733. The standard InChI is InChI=1S/C13H14ClN3O2S/c1-9-12(15)7-10(14)8-13(9)20(18,19)17(2)11-3-5-16-6-4-11/h3-8H,15H2,1-2H3. The Kier molecular flexibility index (Phi) is 3.87. The number of aromatic nitrogens is 1. The summed E-state index contributed by atoms with van der Waals surface area (Å²) in [5.74, 6) is 0. The van der Waals surface area contributed by atoms with Gasteiger partial charge in [-0.05, 0) is 36.8 Å². The number of anilines is 2. The van der Waals surface area contributed by atoms with E-state index in [0.29, 0.717) is 16.9 Å². The highest BCUT2D eigenvalue weighted by atomic mass is 35.5. The smallest absolute Gasteiger partial charge is 0.264 e. The molecule has 7 heteroatoms. The first kappa shape index (κ1) is 14.6. The largest absolute Gasteiger partial charge is 0.398 e. The van der Waals surface area contributed by atoms with Gasteiger partial charge in [-0.2, -0.15) is 0 Å². The van der Waals surface area contributed by atoms with E-state index >= 15 is 0 Å². The van der Waals surface area contributed by atoms with Crippen molar-refractivity contribution in [2.75, 3.05) is 17.1 Å². The Balaban J connectivity index is 2.57. The molecule has 1 heterocycles. The zero-order valence-corrected chi connectivity index (χ0v) is 12.6. The van der Waals surface area contributed by atoms with E-state index in [4.69, 9.17) is 17.3 Å². The normalized spacial score (nSPS) is 11.3. The zero-order chi connectivity index (χ0) is 14.9. The quantitative estimate of drug-likeness (QED) is 0.883. The van der Waals surface area contributed by atoms with Gasteiger partial charge in [-0.3, -0.25) is 9.29 Å². The lowest BCUT2D eigenvalue weighted by Crippen LogP contribution is -2.27. The van der Waals surface area contributed by atoms with Gasteiger partial charge >= 0.3 is 0 Å². The Hall–Kier alpha value is -1.79. The third kappa shape index (κ3) is 2.57. The molecule has 2 aromatic rings. The predicted octanol–water partition coefficient (Wildman–Crippen LogP) is 2.45. The molecule has 1 aromatic heterocycles. The van der Waals surface area contributed by atoms with Crippen LogP contribution in [0.2, 0.25) is 5.02 Å². The molecular weight excluding hydrogens is 298 g/mol. The van der Waals surface area contributed by atoms with E-state index in [2.05, 4.69) is 4.98 Å². The second kappa shape index (κ2) is 5.30. The number of rotatable bonds is 3. The van der Waals surface area contributed by atoms with Crippen LogP contribution in [0, 0.1) is 6.92 Å². The van der Waals surface area contributed by atoms with Crippen LogP contribution >= 0.6 is 11.6 Å². The number of nitrogen functional groups attached to an aromatic ring is 1. The number of halogens is 1. The van der Waals surface area contributed by atoms with Crippen molar-refractivity contribution in [2.45, 2.75) is 11.8 Å². The van der Waals surface area contributed by atoms with Gasteiger partial charge < -0.3 is 5.73 Å². The number of benzene rings is 1. The molecule has 1 aromatic carbocycles. The SMILES string of the molecule is Cc1c(N)cc(Cl)cc1S(=O)(=O)N(C)c1ccncc1. The summed E-state index contributed by atoms with van der Waals surface area (Å²) in [4.78, 5) is 3.96. The van der Waals surface area contributed by atoms with Crippen LogP contribution in [0.15, 0.2) is 41.6 Å². The van der Waals surface area contributed by atoms with Gasteiger partial charge in [0, 0.05) is 30.2 Å². The lowest BCUT2D eigenvalue weighted by atomic mass is 10.2. The number of nitrogens with two attached hydrogens (primary N) is 1. The van der Waals surface area contributed by atoms with E-state index in [1.54, 1.807) is 19.1 Å². The van der Waals surface area contributed by atoms with E-state index in [-0.39, 0.29) is 9.92 Å². The van der Waals surface area contributed by atoms with Gasteiger partial charge in [-0.1, -0.05) is 11.6 Å². The molecule has 0 aliphatic heterocycles. The monoisotopic (exact) mass is 311 g/mol. The van der Waals surface area contributed by atoms with Crippen LogP contribution in [0.25, 0.3) is 0 Å². The highest BCUT2D eigenvalue weighted by molar-refractivity contribution is 7.92. The van der Waals surface area contributed by atoms with Crippen molar-refractivity contribution in [1.29, 1.82) is 0 Å². The second-order valence-corrected chi connectivity index (χ2v) is 6.67. The lowest BCUT2D eigenvalue weighted by molar-refractivity contribution is 0.594. The molecule has 0 saturated carbocycles. The summed E-state index contributed by atoms with van der Waals surface area (Å²) in [6, 6.07) is 6.16. The van der Waals surface area contributed by atoms with Gasteiger partial charge in [-0.15, -0.1) is 0 Å². The summed E-state index contributed by atoms with van der Waals surface area (Å²) < 4.78 is 26.5. The molecule has 0 bridgehead atoms.